The van der Waals surface area contributed by atoms with Crippen LogP contribution in [0.3, 0.4) is 0 Å². The molecule has 0 saturated heterocycles. The first-order valence-electron chi connectivity index (χ1n) is 8.13. The van der Waals surface area contributed by atoms with E-state index in [1.54, 1.807) is 36.1 Å². The number of rotatable bonds is 5. The quantitative estimate of drug-likeness (QED) is 0.805. The number of amides is 2. The van der Waals surface area contributed by atoms with Crippen LogP contribution in [0.4, 0.5) is 11.4 Å². The Morgan fingerprint density at radius 1 is 1.04 bits per heavy atom. The molecule has 5 nitrogen and oxygen atoms in total. The van der Waals surface area contributed by atoms with Crippen LogP contribution in [0.1, 0.15) is 30.6 Å². The highest BCUT2D eigenvalue weighted by molar-refractivity contribution is 7.80. The van der Waals surface area contributed by atoms with Gasteiger partial charge in [0.2, 0.25) is 5.91 Å². The average Bonchev–Trinajstić information content (AvgIpc) is 2.63. The van der Waals surface area contributed by atoms with E-state index in [2.05, 4.69) is 10.6 Å². The Labute approximate surface area is 153 Å². The van der Waals surface area contributed by atoms with Crippen LogP contribution >= 0.6 is 12.2 Å². The number of para-hydroxylation sites is 1. The fourth-order valence-corrected chi connectivity index (χ4v) is 2.55. The minimum absolute atomic E-state index is 0.0964. The van der Waals surface area contributed by atoms with Gasteiger partial charge in [0.25, 0.3) is 5.91 Å². The van der Waals surface area contributed by atoms with Crippen molar-refractivity contribution >= 4 is 40.5 Å². The third-order valence-electron chi connectivity index (χ3n) is 3.57. The minimum Gasteiger partial charge on any atom is -0.332 e. The topological polar surface area (TPSA) is 61.4 Å². The number of carbonyl (C=O) groups excluding carboxylic acids is 2. The van der Waals surface area contributed by atoms with E-state index in [-0.39, 0.29) is 16.9 Å². The van der Waals surface area contributed by atoms with Crippen LogP contribution in [0, 0.1) is 0 Å². The molecule has 2 rings (SSSR count). The molecule has 0 unspecified atom stereocenters. The van der Waals surface area contributed by atoms with Crippen LogP contribution in [0.5, 0.6) is 0 Å². The SMILES string of the molecule is CCC(=O)NC(=S)Nc1cccc(C(=O)N(CC)c2ccccc2)c1. The van der Waals surface area contributed by atoms with Crippen molar-refractivity contribution in [3.63, 3.8) is 0 Å². The van der Waals surface area contributed by atoms with Gasteiger partial charge in [0.05, 0.1) is 0 Å². The van der Waals surface area contributed by atoms with Gasteiger partial charge >= 0.3 is 0 Å². The minimum atomic E-state index is -0.161. The van der Waals surface area contributed by atoms with Crippen molar-refractivity contribution in [3.8, 4) is 0 Å². The molecule has 0 bridgehead atoms. The standard InChI is InChI=1S/C19H21N3O2S/c1-3-17(23)21-19(25)20-15-10-8-9-14(13-15)18(24)22(4-2)16-11-6-5-7-12-16/h5-13H,3-4H2,1-2H3,(H2,20,21,23,25). The Hall–Kier alpha value is -2.73. The molecule has 0 aliphatic carbocycles. The zero-order valence-electron chi connectivity index (χ0n) is 14.3. The summed E-state index contributed by atoms with van der Waals surface area (Å²) in [7, 11) is 0. The Morgan fingerprint density at radius 2 is 1.76 bits per heavy atom. The maximum absolute atomic E-state index is 12.8. The summed E-state index contributed by atoms with van der Waals surface area (Å²) in [5, 5.41) is 5.72. The van der Waals surface area contributed by atoms with Crippen LogP contribution in [-0.2, 0) is 4.79 Å². The van der Waals surface area contributed by atoms with Crippen LogP contribution in [-0.4, -0.2) is 23.5 Å². The highest BCUT2D eigenvalue weighted by Crippen LogP contribution is 2.18. The summed E-state index contributed by atoms with van der Waals surface area (Å²) in [6.45, 7) is 4.24. The zero-order chi connectivity index (χ0) is 18.2. The highest BCUT2D eigenvalue weighted by Gasteiger charge is 2.16. The van der Waals surface area contributed by atoms with Crippen molar-refractivity contribution in [2.75, 3.05) is 16.8 Å². The number of nitrogens with one attached hydrogen (secondary N) is 2. The van der Waals surface area contributed by atoms with E-state index in [0.29, 0.717) is 24.2 Å². The number of hydrogen-bond donors (Lipinski definition) is 2. The normalized spacial score (nSPS) is 10.0. The molecule has 2 N–H and O–H groups in total. The van der Waals surface area contributed by atoms with Crippen molar-refractivity contribution in [1.29, 1.82) is 0 Å². The molecule has 0 heterocycles. The van der Waals surface area contributed by atoms with E-state index in [1.165, 1.54) is 0 Å². The van der Waals surface area contributed by atoms with Gasteiger partial charge in [-0.15, -0.1) is 0 Å². The molecular weight excluding hydrogens is 334 g/mol. The predicted octanol–water partition coefficient (Wildman–Crippen LogP) is 3.58. The average molecular weight is 355 g/mol. The number of nitrogens with zero attached hydrogens (tertiary/aromatic N) is 1. The van der Waals surface area contributed by atoms with Gasteiger partial charge in [0.15, 0.2) is 5.11 Å². The Balaban J connectivity index is 2.15. The summed E-state index contributed by atoms with van der Waals surface area (Å²) < 4.78 is 0. The number of carbonyl (C=O) groups is 2. The number of anilines is 2. The van der Waals surface area contributed by atoms with Gasteiger partial charge in [-0.1, -0.05) is 31.2 Å². The lowest BCUT2D eigenvalue weighted by atomic mass is 10.1. The second-order valence-electron chi connectivity index (χ2n) is 5.32. The van der Waals surface area contributed by atoms with Gasteiger partial charge in [-0.2, -0.15) is 0 Å². The maximum atomic E-state index is 12.8. The summed E-state index contributed by atoms with van der Waals surface area (Å²) in [6, 6.07) is 16.6. The molecule has 6 heteroatoms. The monoisotopic (exact) mass is 355 g/mol. The van der Waals surface area contributed by atoms with Gasteiger partial charge in [0.1, 0.15) is 0 Å². The van der Waals surface area contributed by atoms with Gasteiger partial charge in [-0.05, 0) is 49.5 Å². The largest absolute Gasteiger partial charge is 0.332 e. The summed E-state index contributed by atoms with van der Waals surface area (Å²) >= 11 is 5.10. The van der Waals surface area contributed by atoms with E-state index in [0.717, 1.165) is 5.69 Å². The van der Waals surface area contributed by atoms with Gasteiger partial charge in [0, 0.05) is 29.9 Å². The van der Waals surface area contributed by atoms with E-state index in [1.807, 2.05) is 37.3 Å². The highest BCUT2D eigenvalue weighted by atomic mass is 32.1. The van der Waals surface area contributed by atoms with Crippen LogP contribution in [0.2, 0.25) is 0 Å². The fourth-order valence-electron chi connectivity index (χ4n) is 2.31. The van der Waals surface area contributed by atoms with Gasteiger partial charge in [-0.25, -0.2) is 0 Å². The van der Waals surface area contributed by atoms with E-state index >= 15 is 0 Å². The van der Waals surface area contributed by atoms with Crippen molar-refractivity contribution in [1.82, 2.24) is 5.32 Å². The first-order valence-corrected chi connectivity index (χ1v) is 8.53. The fraction of sp³-hybridized carbons (Fsp3) is 0.211. The molecule has 25 heavy (non-hydrogen) atoms. The van der Waals surface area contributed by atoms with Crippen LogP contribution in [0.15, 0.2) is 54.6 Å². The molecule has 0 aromatic heterocycles. The molecule has 0 aliphatic rings. The second-order valence-corrected chi connectivity index (χ2v) is 5.73. The third-order valence-corrected chi connectivity index (χ3v) is 3.77. The summed E-state index contributed by atoms with van der Waals surface area (Å²) in [5.41, 5.74) is 2.04. The van der Waals surface area contributed by atoms with Crippen molar-refractivity contribution in [3.05, 3.63) is 60.2 Å². The molecule has 130 valence electrons. The molecule has 0 saturated carbocycles. The Bertz CT molecular complexity index is 762. The second kappa shape index (κ2) is 8.94. The number of hydrogen-bond acceptors (Lipinski definition) is 3. The van der Waals surface area contributed by atoms with Gasteiger partial charge in [-0.3, -0.25) is 9.59 Å². The summed E-state index contributed by atoms with van der Waals surface area (Å²) in [6.07, 6.45) is 0.350. The van der Waals surface area contributed by atoms with Gasteiger partial charge < -0.3 is 15.5 Å². The lowest BCUT2D eigenvalue weighted by Crippen LogP contribution is -2.33. The third kappa shape index (κ3) is 5.12. The van der Waals surface area contributed by atoms with E-state index in [4.69, 9.17) is 12.2 Å². The molecule has 2 aromatic carbocycles. The van der Waals surface area contributed by atoms with E-state index in [9.17, 15) is 9.59 Å². The van der Waals surface area contributed by atoms with Crippen molar-refractivity contribution in [2.24, 2.45) is 0 Å². The number of benzene rings is 2. The first kappa shape index (κ1) is 18.6. The lowest BCUT2D eigenvalue weighted by Gasteiger charge is -2.21. The maximum Gasteiger partial charge on any atom is 0.258 e. The van der Waals surface area contributed by atoms with Crippen LogP contribution in [0.25, 0.3) is 0 Å². The zero-order valence-corrected chi connectivity index (χ0v) is 15.1. The summed E-state index contributed by atoms with van der Waals surface area (Å²) in [4.78, 5) is 25.9. The summed E-state index contributed by atoms with van der Waals surface area (Å²) in [5.74, 6) is -0.258. The van der Waals surface area contributed by atoms with Crippen LogP contribution < -0.4 is 15.5 Å². The van der Waals surface area contributed by atoms with E-state index < -0.39 is 0 Å². The van der Waals surface area contributed by atoms with Crippen molar-refractivity contribution < 1.29 is 9.59 Å². The molecule has 2 amide bonds. The molecule has 2 aromatic rings. The molecule has 0 radical (unpaired) electrons. The number of thiocarbonyl (C=S) groups is 1. The molecule has 0 aliphatic heterocycles. The Morgan fingerprint density at radius 3 is 2.40 bits per heavy atom. The molecular formula is C19H21N3O2S. The molecule has 0 spiro atoms. The first-order chi connectivity index (χ1) is 12.0. The molecule has 0 atom stereocenters. The smallest absolute Gasteiger partial charge is 0.258 e. The Kier molecular flexibility index (Phi) is 6.65. The lowest BCUT2D eigenvalue weighted by molar-refractivity contribution is -0.119. The van der Waals surface area contributed by atoms with Crippen molar-refractivity contribution in [2.45, 2.75) is 20.3 Å². The predicted molar refractivity (Wildman–Crippen MR) is 105 cm³/mol. The molecule has 0 fully saturated rings.